The van der Waals surface area contributed by atoms with E-state index >= 15 is 0 Å². The first-order valence-corrected chi connectivity index (χ1v) is 7.89. The van der Waals surface area contributed by atoms with Gasteiger partial charge in [0.25, 0.3) is 0 Å². The lowest BCUT2D eigenvalue weighted by Gasteiger charge is -2.40. The van der Waals surface area contributed by atoms with Crippen molar-refractivity contribution in [1.82, 2.24) is 4.90 Å². The van der Waals surface area contributed by atoms with Gasteiger partial charge >= 0.3 is 0 Å². The zero-order valence-corrected chi connectivity index (χ0v) is 13.4. The van der Waals surface area contributed by atoms with E-state index in [1.54, 1.807) is 0 Å². The molecule has 0 spiro atoms. The maximum atomic E-state index is 6.65. The van der Waals surface area contributed by atoms with Crippen molar-refractivity contribution in [1.29, 1.82) is 0 Å². The van der Waals surface area contributed by atoms with Crippen LogP contribution in [0.1, 0.15) is 55.2 Å². The van der Waals surface area contributed by atoms with Gasteiger partial charge in [-0.15, -0.1) is 11.6 Å². The van der Waals surface area contributed by atoms with E-state index < -0.39 is 0 Å². The van der Waals surface area contributed by atoms with Gasteiger partial charge < -0.3 is 0 Å². The Labute approximate surface area is 123 Å². The van der Waals surface area contributed by atoms with Crippen LogP contribution in [0.2, 0.25) is 0 Å². The summed E-state index contributed by atoms with van der Waals surface area (Å²) in [6.45, 7) is 9.94. The van der Waals surface area contributed by atoms with Crippen LogP contribution in [0, 0.1) is 13.8 Å². The summed E-state index contributed by atoms with van der Waals surface area (Å²) in [6.07, 6.45) is 3.97. The molecule has 19 heavy (non-hydrogen) atoms. The Morgan fingerprint density at radius 3 is 2.37 bits per heavy atom. The molecular weight excluding hydrogens is 254 g/mol. The smallest absolute Gasteiger partial charge is 0.0712 e. The molecule has 1 aliphatic heterocycles. The van der Waals surface area contributed by atoms with E-state index in [1.165, 1.54) is 36.0 Å². The lowest BCUT2D eigenvalue weighted by molar-refractivity contribution is 0.103. The van der Waals surface area contributed by atoms with Gasteiger partial charge in [0.1, 0.15) is 0 Å². The Balaban J connectivity index is 2.07. The predicted octanol–water partition coefficient (Wildman–Crippen LogP) is 4.85. The quantitative estimate of drug-likeness (QED) is 0.715. The molecule has 3 unspecified atom stereocenters. The van der Waals surface area contributed by atoms with Gasteiger partial charge in [0, 0.05) is 18.6 Å². The van der Waals surface area contributed by atoms with Crippen LogP contribution in [0.15, 0.2) is 18.2 Å². The minimum atomic E-state index is 0.0994. The average Bonchev–Trinajstić information content (AvgIpc) is 2.37. The number of alkyl halides is 1. The number of hydrogen-bond donors (Lipinski definition) is 0. The number of hydrogen-bond acceptors (Lipinski definition) is 1. The fourth-order valence-corrected chi connectivity index (χ4v) is 3.38. The Morgan fingerprint density at radius 1 is 1.16 bits per heavy atom. The van der Waals surface area contributed by atoms with Gasteiger partial charge in [0.05, 0.1) is 5.38 Å². The van der Waals surface area contributed by atoms with E-state index in [2.05, 4.69) is 50.8 Å². The van der Waals surface area contributed by atoms with Gasteiger partial charge in [-0.2, -0.15) is 0 Å². The van der Waals surface area contributed by atoms with E-state index in [0.29, 0.717) is 12.1 Å². The molecule has 106 valence electrons. The van der Waals surface area contributed by atoms with E-state index in [-0.39, 0.29) is 5.38 Å². The van der Waals surface area contributed by atoms with Crippen LogP contribution < -0.4 is 0 Å². The molecular formula is C17H26ClN. The molecule has 0 amide bonds. The maximum absolute atomic E-state index is 6.65. The fourth-order valence-electron chi connectivity index (χ4n) is 3.08. The van der Waals surface area contributed by atoms with Crippen molar-refractivity contribution in [3.63, 3.8) is 0 Å². The number of aryl methyl sites for hydroxylation is 2. The molecule has 3 atom stereocenters. The van der Waals surface area contributed by atoms with Gasteiger partial charge in [-0.1, -0.05) is 24.6 Å². The molecule has 2 heteroatoms. The molecule has 1 saturated heterocycles. The standard InChI is InChI=1S/C17H26ClN/c1-12-8-9-16(10-13(12)2)17(18)11-19-14(3)6-5-7-15(19)4/h8-10,14-15,17H,5-7,11H2,1-4H3. The number of rotatable bonds is 3. The van der Waals surface area contributed by atoms with Crippen LogP contribution in [-0.4, -0.2) is 23.5 Å². The number of likely N-dealkylation sites (tertiary alicyclic amines) is 1. The lowest BCUT2D eigenvalue weighted by Crippen LogP contribution is -2.45. The zero-order valence-electron chi connectivity index (χ0n) is 12.6. The van der Waals surface area contributed by atoms with Gasteiger partial charge in [-0.05, 0) is 57.2 Å². The van der Waals surface area contributed by atoms with Crippen molar-refractivity contribution in [2.75, 3.05) is 6.54 Å². The van der Waals surface area contributed by atoms with Crippen LogP contribution in [0.5, 0.6) is 0 Å². The topological polar surface area (TPSA) is 3.24 Å². The van der Waals surface area contributed by atoms with E-state index in [0.717, 1.165) is 6.54 Å². The van der Waals surface area contributed by atoms with E-state index in [4.69, 9.17) is 11.6 Å². The monoisotopic (exact) mass is 279 g/mol. The lowest BCUT2D eigenvalue weighted by atomic mass is 9.96. The highest BCUT2D eigenvalue weighted by molar-refractivity contribution is 6.21. The summed E-state index contributed by atoms with van der Waals surface area (Å²) in [6, 6.07) is 7.93. The summed E-state index contributed by atoms with van der Waals surface area (Å²) in [4.78, 5) is 2.58. The molecule has 0 N–H and O–H groups in total. The highest BCUT2D eigenvalue weighted by Crippen LogP contribution is 2.29. The maximum Gasteiger partial charge on any atom is 0.0712 e. The fraction of sp³-hybridized carbons (Fsp3) is 0.647. The van der Waals surface area contributed by atoms with Gasteiger partial charge in [-0.25, -0.2) is 0 Å². The average molecular weight is 280 g/mol. The minimum absolute atomic E-state index is 0.0994. The second-order valence-corrected chi connectivity index (χ2v) is 6.66. The summed E-state index contributed by atoms with van der Waals surface area (Å²) in [5, 5.41) is 0.0994. The first-order valence-electron chi connectivity index (χ1n) is 7.46. The molecule has 1 fully saturated rings. The molecule has 0 aromatic heterocycles. The Morgan fingerprint density at radius 2 is 1.79 bits per heavy atom. The van der Waals surface area contributed by atoms with Crippen molar-refractivity contribution in [3.8, 4) is 0 Å². The number of nitrogens with zero attached hydrogens (tertiary/aromatic N) is 1. The number of piperidine rings is 1. The molecule has 1 heterocycles. The molecule has 0 aliphatic carbocycles. The molecule has 0 bridgehead atoms. The molecule has 1 nitrogen and oxygen atoms in total. The second-order valence-electron chi connectivity index (χ2n) is 6.14. The summed E-state index contributed by atoms with van der Waals surface area (Å²) in [7, 11) is 0. The highest BCUT2D eigenvalue weighted by Gasteiger charge is 2.26. The van der Waals surface area contributed by atoms with Crippen molar-refractivity contribution >= 4 is 11.6 Å². The third-order valence-electron chi connectivity index (χ3n) is 4.64. The largest absolute Gasteiger partial charge is 0.296 e. The van der Waals surface area contributed by atoms with Crippen LogP contribution in [0.25, 0.3) is 0 Å². The van der Waals surface area contributed by atoms with E-state index in [1.807, 2.05) is 0 Å². The molecule has 1 aromatic rings. The van der Waals surface area contributed by atoms with Crippen molar-refractivity contribution in [2.45, 2.75) is 64.4 Å². The Kier molecular flexibility index (Phi) is 4.92. The van der Waals surface area contributed by atoms with Crippen LogP contribution in [-0.2, 0) is 0 Å². The van der Waals surface area contributed by atoms with Gasteiger partial charge in [0.15, 0.2) is 0 Å². The molecule has 1 aliphatic rings. The summed E-state index contributed by atoms with van der Waals surface area (Å²) in [5.41, 5.74) is 3.94. The molecule has 0 saturated carbocycles. The van der Waals surface area contributed by atoms with Crippen LogP contribution in [0.4, 0.5) is 0 Å². The van der Waals surface area contributed by atoms with Crippen LogP contribution in [0.3, 0.4) is 0 Å². The molecule has 1 aromatic carbocycles. The number of halogens is 1. The third kappa shape index (κ3) is 3.52. The first kappa shape index (κ1) is 14.9. The predicted molar refractivity (Wildman–Crippen MR) is 84.0 cm³/mol. The zero-order chi connectivity index (χ0) is 14.0. The highest BCUT2D eigenvalue weighted by atomic mass is 35.5. The normalized spacial score (nSPS) is 26.4. The van der Waals surface area contributed by atoms with E-state index in [9.17, 15) is 0 Å². The van der Waals surface area contributed by atoms with Crippen molar-refractivity contribution in [2.24, 2.45) is 0 Å². The van der Waals surface area contributed by atoms with Crippen LogP contribution >= 0.6 is 11.6 Å². The summed E-state index contributed by atoms with van der Waals surface area (Å²) >= 11 is 6.65. The SMILES string of the molecule is Cc1ccc(C(Cl)CN2C(C)CCCC2C)cc1C. The van der Waals surface area contributed by atoms with Gasteiger partial charge in [-0.3, -0.25) is 4.90 Å². The summed E-state index contributed by atoms with van der Waals surface area (Å²) < 4.78 is 0. The second kappa shape index (κ2) is 6.28. The number of benzene rings is 1. The third-order valence-corrected chi connectivity index (χ3v) is 5.03. The summed E-state index contributed by atoms with van der Waals surface area (Å²) in [5.74, 6) is 0. The van der Waals surface area contributed by atoms with Crippen molar-refractivity contribution in [3.05, 3.63) is 34.9 Å². The first-order chi connectivity index (χ1) is 8.99. The van der Waals surface area contributed by atoms with Gasteiger partial charge in [0.2, 0.25) is 0 Å². The Bertz CT molecular complexity index is 419. The van der Waals surface area contributed by atoms with Crippen molar-refractivity contribution < 1.29 is 0 Å². The molecule has 0 radical (unpaired) electrons. The molecule has 2 rings (SSSR count). The Hall–Kier alpha value is -0.530. The minimum Gasteiger partial charge on any atom is -0.296 e.